The number of rotatable bonds is 9. The Labute approximate surface area is 92.2 Å². The maximum Gasteiger partial charge on any atom is 0.233 e. The van der Waals surface area contributed by atoms with E-state index >= 15 is 0 Å². The normalized spacial score (nSPS) is 10.7. The number of amides is 1. The molecule has 15 heavy (non-hydrogen) atoms. The van der Waals surface area contributed by atoms with Crippen molar-refractivity contribution in [1.29, 1.82) is 0 Å². The second-order valence-corrected chi connectivity index (χ2v) is 3.68. The van der Waals surface area contributed by atoms with Gasteiger partial charge in [-0.3, -0.25) is 4.79 Å². The molecule has 5 heteroatoms. The molecular weight excluding hydrogens is 194 g/mol. The summed E-state index contributed by atoms with van der Waals surface area (Å²) in [6.07, 6.45) is 0.983. The molecule has 0 spiro atoms. The summed E-state index contributed by atoms with van der Waals surface area (Å²) in [5, 5.41) is 5.83. The maximum atomic E-state index is 11.2. The average Bonchev–Trinajstić information content (AvgIpc) is 2.19. The smallest absolute Gasteiger partial charge is 0.233 e. The van der Waals surface area contributed by atoms with E-state index in [1.165, 1.54) is 0 Å². The molecule has 0 aliphatic heterocycles. The summed E-state index contributed by atoms with van der Waals surface area (Å²) in [6, 6.07) is 0. The first-order chi connectivity index (χ1) is 7.16. The van der Waals surface area contributed by atoms with Crippen molar-refractivity contribution in [2.75, 3.05) is 54.0 Å². The van der Waals surface area contributed by atoms with Gasteiger partial charge in [0.15, 0.2) is 0 Å². The molecule has 5 nitrogen and oxygen atoms in total. The summed E-state index contributed by atoms with van der Waals surface area (Å²) in [6.45, 7) is 3.45. The zero-order valence-corrected chi connectivity index (χ0v) is 10.0. The van der Waals surface area contributed by atoms with Crippen LogP contribution < -0.4 is 10.6 Å². The zero-order valence-electron chi connectivity index (χ0n) is 10.0. The van der Waals surface area contributed by atoms with Gasteiger partial charge in [0.2, 0.25) is 5.91 Å². The summed E-state index contributed by atoms with van der Waals surface area (Å²) >= 11 is 0. The standard InChI is InChI=1S/C10H23N3O2/c1-13(2)7-4-5-12-10(14)9-11-6-8-15-3/h11H,4-9H2,1-3H3,(H,12,14). The molecule has 0 rings (SSSR count). The van der Waals surface area contributed by atoms with E-state index in [0.717, 1.165) is 19.5 Å². The van der Waals surface area contributed by atoms with Crippen molar-refractivity contribution in [2.45, 2.75) is 6.42 Å². The second-order valence-electron chi connectivity index (χ2n) is 3.68. The third-order valence-corrected chi connectivity index (χ3v) is 1.87. The molecule has 0 saturated carbocycles. The van der Waals surface area contributed by atoms with Gasteiger partial charge in [0.25, 0.3) is 0 Å². The number of ether oxygens (including phenoxy) is 1. The molecule has 0 bridgehead atoms. The van der Waals surface area contributed by atoms with Crippen LogP contribution in [0.5, 0.6) is 0 Å². The monoisotopic (exact) mass is 217 g/mol. The summed E-state index contributed by atoms with van der Waals surface area (Å²) in [4.78, 5) is 13.3. The highest BCUT2D eigenvalue weighted by atomic mass is 16.5. The van der Waals surface area contributed by atoms with E-state index < -0.39 is 0 Å². The van der Waals surface area contributed by atoms with Crippen molar-refractivity contribution in [2.24, 2.45) is 0 Å². The van der Waals surface area contributed by atoms with Gasteiger partial charge in [-0.1, -0.05) is 0 Å². The molecular formula is C10H23N3O2. The Balaban J connectivity index is 3.19. The van der Waals surface area contributed by atoms with Crippen LogP contribution in [-0.4, -0.2) is 64.8 Å². The summed E-state index contributed by atoms with van der Waals surface area (Å²) in [5.41, 5.74) is 0. The van der Waals surface area contributed by atoms with Gasteiger partial charge in [-0.15, -0.1) is 0 Å². The highest BCUT2D eigenvalue weighted by Gasteiger charge is 1.99. The topological polar surface area (TPSA) is 53.6 Å². The number of hydrogen-bond donors (Lipinski definition) is 2. The molecule has 0 heterocycles. The number of hydrogen-bond acceptors (Lipinski definition) is 4. The van der Waals surface area contributed by atoms with E-state index in [2.05, 4.69) is 15.5 Å². The molecule has 90 valence electrons. The molecule has 0 saturated heterocycles. The van der Waals surface area contributed by atoms with Gasteiger partial charge in [-0.05, 0) is 27.1 Å². The Morgan fingerprint density at radius 2 is 2.07 bits per heavy atom. The number of nitrogens with zero attached hydrogens (tertiary/aromatic N) is 1. The number of nitrogens with one attached hydrogen (secondary N) is 2. The van der Waals surface area contributed by atoms with Crippen molar-refractivity contribution in [3.05, 3.63) is 0 Å². The highest BCUT2D eigenvalue weighted by Crippen LogP contribution is 1.80. The van der Waals surface area contributed by atoms with E-state index in [4.69, 9.17) is 4.74 Å². The highest BCUT2D eigenvalue weighted by molar-refractivity contribution is 5.77. The lowest BCUT2D eigenvalue weighted by Gasteiger charge is -2.10. The van der Waals surface area contributed by atoms with Gasteiger partial charge < -0.3 is 20.3 Å². The van der Waals surface area contributed by atoms with Crippen LogP contribution in [0.2, 0.25) is 0 Å². The third kappa shape index (κ3) is 11.3. The van der Waals surface area contributed by atoms with E-state index in [1.807, 2.05) is 14.1 Å². The number of methoxy groups -OCH3 is 1. The van der Waals surface area contributed by atoms with Crippen LogP contribution in [0.4, 0.5) is 0 Å². The fourth-order valence-electron chi connectivity index (χ4n) is 1.06. The van der Waals surface area contributed by atoms with Crippen LogP contribution in [0, 0.1) is 0 Å². The fourth-order valence-corrected chi connectivity index (χ4v) is 1.06. The van der Waals surface area contributed by atoms with Crippen molar-refractivity contribution >= 4 is 5.91 Å². The van der Waals surface area contributed by atoms with Crippen LogP contribution >= 0.6 is 0 Å². The molecule has 2 N–H and O–H groups in total. The molecule has 0 aliphatic rings. The van der Waals surface area contributed by atoms with Crippen LogP contribution in [0.3, 0.4) is 0 Å². The van der Waals surface area contributed by atoms with Gasteiger partial charge in [0, 0.05) is 20.2 Å². The quantitative estimate of drug-likeness (QED) is 0.501. The zero-order chi connectivity index (χ0) is 11.5. The predicted molar refractivity (Wildman–Crippen MR) is 60.9 cm³/mol. The van der Waals surface area contributed by atoms with Gasteiger partial charge in [0.1, 0.15) is 0 Å². The summed E-state index contributed by atoms with van der Waals surface area (Å²) < 4.78 is 4.85. The van der Waals surface area contributed by atoms with Gasteiger partial charge in [-0.2, -0.15) is 0 Å². The van der Waals surface area contributed by atoms with Crippen LogP contribution in [0.15, 0.2) is 0 Å². The minimum Gasteiger partial charge on any atom is -0.383 e. The van der Waals surface area contributed by atoms with Crippen molar-refractivity contribution in [3.8, 4) is 0 Å². The first-order valence-electron chi connectivity index (χ1n) is 5.28. The van der Waals surface area contributed by atoms with Gasteiger partial charge >= 0.3 is 0 Å². The molecule has 1 amide bonds. The minimum absolute atomic E-state index is 0.0462. The largest absolute Gasteiger partial charge is 0.383 e. The predicted octanol–water partition coefficient (Wildman–Crippen LogP) is -0.710. The van der Waals surface area contributed by atoms with E-state index in [-0.39, 0.29) is 5.91 Å². The Bertz CT molecular complexity index is 163. The molecule has 0 aromatic heterocycles. The lowest BCUT2D eigenvalue weighted by atomic mass is 10.4. The minimum atomic E-state index is 0.0462. The molecule has 0 aliphatic carbocycles. The van der Waals surface area contributed by atoms with Gasteiger partial charge in [0.05, 0.1) is 13.2 Å². The summed E-state index contributed by atoms with van der Waals surface area (Å²) in [7, 11) is 5.69. The van der Waals surface area contributed by atoms with Crippen LogP contribution in [0.25, 0.3) is 0 Å². The Kier molecular flexibility index (Phi) is 9.46. The van der Waals surface area contributed by atoms with E-state index in [0.29, 0.717) is 19.7 Å². The van der Waals surface area contributed by atoms with E-state index in [9.17, 15) is 4.79 Å². The SMILES string of the molecule is COCCNCC(=O)NCCCN(C)C. The summed E-state index contributed by atoms with van der Waals surface area (Å²) in [5.74, 6) is 0.0462. The average molecular weight is 217 g/mol. The fraction of sp³-hybridized carbons (Fsp3) is 0.900. The van der Waals surface area contributed by atoms with Crippen molar-refractivity contribution in [3.63, 3.8) is 0 Å². The molecule has 0 aromatic carbocycles. The van der Waals surface area contributed by atoms with Crippen molar-refractivity contribution in [1.82, 2.24) is 15.5 Å². The Morgan fingerprint density at radius 1 is 1.33 bits per heavy atom. The molecule has 0 radical (unpaired) electrons. The number of carbonyl (C=O) groups is 1. The second kappa shape index (κ2) is 9.89. The number of carbonyl (C=O) groups excluding carboxylic acids is 1. The molecule has 0 aromatic rings. The first kappa shape index (κ1) is 14.3. The van der Waals surface area contributed by atoms with Gasteiger partial charge in [-0.25, -0.2) is 0 Å². The van der Waals surface area contributed by atoms with Crippen LogP contribution in [-0.2, 0) is 9.53 Å². The lowest BCUT2D eigenvalue weighted by Crippen LogP contribution is -2.36. The third-order valence-electron chi connectivity index (χ3n) is 1.87. The lowest BCUT2D eigenvalue weighted by molar-refractivity contribution is -0.120. The Hall–Kier alpha value is -0.650. The maximum absolute atomic E-state index is 11.2. The first-order valence-corrected chi connectivity index (χ1v) is 5.28. The van der Waals surface area contributed by atoms with Crippen LogP contribution in [0.1, 0.15) is 6.42 Å². The molecule has 0 unspecified atom stereocenters. The molecule has 0 fully saturated rings. The van der Waals surface area contributed by atoms with E-state index in [1.54, 1.807) is 7.11 Å². The van der Waals surface area contributed by atoms with Crippen molar-refractivity contribution < 1.29 is 9.53 Å². The molecule has 0 atom stereocenters. The Morgan fingerprint density at radius 3 is 2.67 bits per heavy atom.